The number of likely N-dealkylation sites (N-methyl/N-ethyl adjacent to an activating group) is 2. The van der Waals surface area contributed by atoms with Gasteiger partial charge in [0.1, 0.15) is 0 Å². The Labute approximate surface area is 222 Å². The van der Waals surface area contributed by atoms with Crippen LogP contribution in [0.15, 0.2) is 48.8 Å². The predicted molar refractivity (Wildman–Crippen MR) is 124 cm³/mol. The molecule has 0 N–H and O–H groups in total. The topological polar surface area (TPSA) is 79.8 Å². The maximum Gasteiger partial charge on any atom is 2.00 e. The van der Waals surface area contributed by atoms with E-state index in [1.807, 2.05) is 36.7 Å². The molecule has 0 bridgehead atoms. The van der Waals surface area contributed by atoms with Crippen LogP contribution in [0.3, 0.4) is 0 Å². The molecule has 2 heterocycles. The first kappa shape index (κ1) is 41.4. The molecule has 0 aliphatic heterocycles. The summed E-state index contributed by atoms with van der Waals surface area (Å²) in [5.41, 5.74) is 2.23. The molecule has 2 aromatic heterocycles. The standard InChI is InChI=1S/C16H22N4.2C2H3N.2BF4.Co/c1-19(13-15-7-3-5-9-17-15)11-12-20(2)14-16-8-4-6-10-18-16;2*1-2-3;2*2-1(3,4)5;/h3-10H,11-14H2,1-2H3;2*1H3;;;/q;;;2*-1;+2. The quantitative estimate of drug-likeness (QED) is 0.307. The molecule has 0 spiro atoms. The largest absolute Gasteiger partial charge is 2.00 e. The number of hydrogen-bond donors (Lipinski definition) is 0. The predicted octanol–water partition coefficient (Wildman–Crippen LogP) is 5.70. The Kier molecular flexibility index (Phi) is 27.9. The van der Waals surface area contributed by atoms with Crippen molar-refractivity contribution in [2.24, 2.45) is 0 Å². The van der Waals surface area contributed by atoms with Gasteiger partial charge >= 0.3 is 31.3 Å². The second-order valence-corrected chi connectivity index (χ2v) is 6.55. The van der Waals surface area contributed by atoms with Crippen molar-refractivity contribution in [3.8, 4) is 12.1 Å². The van der Waals surface area contributed by atoms with Crippen molar-refractivity contribution in [3.63, 3.8) is 0 Å². The van der Waals surface area contributed by atoms with E-state index in [1.54, 1.807) is 12.1 Å². The Bertz CT molecular complexity index is 767. The average molecular weight is 585 g/mol. The van der Waals surface area contributed by atoms with Gasteiger partial charge < -0.3 is 34.5 Å². The molecule has 0 saturated heterocycles. The van der Waals surface area contributed by atoms with Crippen molar-refractivity contribution in [2.45, 2.75) is 26.9 Å². The third kappa shape index (κ3) is 47.1. The summed E-state index contributed by atoms with van der Waals surface area (Å²) in [6.07, 6.45) is 3.69. The normalized spacial score (nSPS) is 9.73. The SMILES string of the molecule is CC#N.CC#N.CN(CCN(C)Cc1ccccn1)Cc1ccccn1.F[B-](F)(F)F.F[B-](F)(F)F.[Co+2]. The summed E-state index contributed by atoms with van der Waals surface area (Å²) in [5.74, 6) is 0. The first-order chi connectivity index (χ1) is 16.6. The molecule has 0 aromatic carbocycles. The summed E-state index contributed by atoms with van der Waals surface area (Å²) in [7, 11) is -7.74. The van der Waals surface area contributed by atoms with Crippen LogP contribution in [-0.4, -0.2) is 61.5 Å². The van der Waals surface area contributed by atoms with E-state index in [-0.39, 0.29) is 16.8 Å². The Balaban J connectivity index is -0.000000264. The Morgan fingerprint density at radius 1 is 0.676 bits per heavy atom. The van der Waals surface area contributed by atoms with E-state index in [1.165, 1.54) is 13.8 Å². The van der Waals surface area contributed by atoms with E-state index in [4.69, 9.17) is 10.5 Å². The van der Waals surface area contributed by atoms with Crippen LogP contribution < -0.4 is 0 Å². The summed E-state index contributed by atoms with van der Waals surface area (Å²) < 4.78 is 78.0. The number of halogens is 8. The molecule has 37 heavy (non-hydrogen) atoms. The summed E-state index contributed by atoms with van der Waals surface area (Å²) in [6, 6.07) is 15.6. The van der Waals surface area contributed by atoms with Gasteiger partial charge in [-0.05, 0) is 38.4 Å². The van der Waals surface area contributed by atoms with Crippen LogP contribution >= 0.6 is 0 Å². The van der Waals surface area contributed by atoms with E-state index in [0.717, 1.165) is 37.6 Å². The molecule has 0 unspecified atom stereocenters. The fraction of sp³-hybridized carbons (Fsp3) is 0.400. The van der Waals surface area contributed by atoms with Gasteiger partial charge in [-0.2, -0.15) is 10.5 Å². The number of aromatic nitrogens is 2. The third-order valence-electron chi connectivity index (χ3n) is 3.18. The van der Waals surface area contributed by atoms with Crippen molar-refractivity contribution in [1.29, 1.82) is 10.5 Å². The molecular weight excluding hydrogens is 557 g/mol. The smallest absolute Gasteiger partial charge is 0.418 e. The Morgan fingerprint density at radius 2 is 0.919 bits per heavy atom. The molecule has 209 valence electrons. The zero-order valence-corrected chi connectivity index (χ0v) is 21.7. The molecule has 1 radical (unpaired) electrons. The molecule has 0 aliphatic carbocycles. The minimum absolute atomic E-state index is 0. The number of nitriles is 2. The van der Waals surface area contributed by atoms with E-state index in [0.29, 0.717) is 0 Å². The molecule has 0 aliphatic rings. The third-order valence-corrected chi connectivity index (χ3v) is 3.18. The van der Waals surface area contributed by atoms with Gasteiger partial charge in [0.2, 0.25) is 0 Å². The maximum absolute atomic E-state index is 9.75. The summed E-state index contributed by atoms with van der Waals surface area (Å²) >= 11 is 0. The van der Waals surface area contributed by atoms with Crippen LogP contribution in [0, 0.1) is 22.7 Å². The van der Waals surface area contributed by atoms with Crippen LogP contribution in [0.4, 0.5) is 34.5 Å². The minimum Gasteiger partial charge on any atom is -0.418 e. The molecule has 0 amide bonds. The monoisotopic (exact) mass is 585 g/mol. The van der Waals surface area contributed by atoms with E-state index >= 15 is 0 Å². The van der Waals surface area contributed by atoms with Crippen molar-refractivity contribution in [3.05, 3.63) is 60.2 Å². The fourth-order valence-electron chi connectivity index (χ4n) is 2.04. The first-order valence-electron chi connectivity index (χ1n) is 10.1. The molecule has 0 atom stereocenters. The van der Waals surface area contributed by atoms with Gasteiger partial charge in [-0.3, -0.25) is 19.8 Å². The van der Waals surface area contributed by atoms with E-state index < -0.39 is 14.5 Å². The first-order valence-corrected chi connectivity index (χ1v) is 10.1. The Morgan fingerprint density at radius 3 is 1.11 bits per heavy atom. The van der Waals surface area contributed by atoms with Crippen molar-refractivity contribution in [1.82, 2.24) is 19.8 Å². The van der Waals surface area contributed by atoms with Gasteiger partial charge in [0, 0.05) is 52.4 Å². The average Bonchev–Trinajstić information content (AvgIpc) is 2.73. The summed E-state index contributed by atoms with van der Waals surface area (Å²) in [4.78, 5) is 13.3. The minimum atomic E-state index is -6.00. The van der Waals surface area contributed by atoms with Crippen molar-refractivity contribution in [2.75, 3.05) is 27.2 Å². The van der Waals surface area contributed by atoms with Gasteiger partial charge in [-0.15, -0.1) is 0 Å². The van der Waals surface area contributed by atoms with Gasteiger partial charge in [0.05, 0.1) is 23.5 Å². The van der Waals surface area contributed by atoms with Crippen LogP contribution in [-0.2, 0) is 29.9 Å². The van der Waals surface area contributed by atoms with Gasteiger partial charge in [-0.25, -0.2) is 0 Å². The van der Waals surface area contributed by atoms with Crippen molar-refractivity contribution < 1.29 is 51.3 Å². The zero-order valence-electron chi connectivity index (χ0n) is 20.6. The Hall–Kier alpha value is -2.72. The fourth-order valence-corrected chi connectivity index (χ4v) is 2.04. The second-order valence-electron chi connectivity index (χ2n) is 6.55. The van der Waals surface area contributed by atoms with Crippen LogP contribution in [0.2, 0.25) is 0 Å². The molecular formula is C20H28B2CoF8N6. The number of hydrogen-bond acceptors (Lipinski definition) is 6. The summed E-state index contributed by atoms with van der Waals surface area (Å²) in [6.45, 7) is 6.66. The number of rotatable bonds is 7. The van der Waals surface area contributed by atoms with Gasteiger partial charge in [0.25, 0.3) is 0 Å². The van der Waals surface area contributed by atoms with Crippen LogP contribution in [0.5, 0.6) is 0 Å². The van der Waals surface area contributed by atoms with E-state index in [9.17, 15) is 34.5 Å². The van der Waals surface area contributed by atoms with Gasteiger partial charge in [0.15, 0.2) is 0 Å². The number of pyridine rings is 2. The zero-order chi connectivity index (χ0) is 28.6. The number of nitrogens with zero attached hydrogens (tertiary/aromatic N) is 6. The summed E-state index contributed by atoms with van der Waals surface area (Å²) in [5, 5.41) is 14.6. The molecule has 0 saturated carbocycles. The molecule has 17 heteroatoms. The molecule has 0 fully saturated rings. The van der Waals surface area contributed by atoms with Crippen molar-refractivity contribution >= 4 is 14.5 Å². The molecule has 6 nitrogen and oxygen atoms in total. The van der Waals surface area contributed by atoms with Crippen LogP contribution in [0.25, 0.3) is 0 Å². The molecule has 2 rings (SSSR count). The van der Waals surface area contributed by atoms with Crippen LogP contribution in [0.1, 0.15) is 25.2 Å². The van der Waals surface area contributed by atoms with E-state index in [2.05, 4.69) is 46.0 Å². The molecule has 2 aromatic rings. The van der Waals surface area contributed by atoms with Gasteiger partial charge in [-0.1, -0.05) is 12.1 Å². The second kappa shape index (κ2) is 24.9. The maximum atomic E-state index is 9.75.